The first kappa shape index (κ1) is 13.9. The second-order valence-corrected chi connectivity index (χ2v) is 5.21. The van der Waals surface area contributed by atoms with Crippen molar-refractivity contribution in [3.63, 3.8) is 0 Å². The van der Waals surface area contributed by atoms with Crippen molar-refractivity contribution in [1.82, 2.24) is 4.57 Å². The standard InChI is InChI=1S/C14H14INO3/c1-18-12-6-5-11(15)8-10(12)9-16-7-3-4-13(19-2)14(16)17/h3-8H,9H2,1-2H3. The molecule has 1 aromatic carbocycles. The van der Waals surface area contributed by atoms with Crippen LogP contribution in [0.5, 0.6) is 11.5 Å². The van der Waals surface area contributed by atoms with Gasteiger partial charge in [-0.25, -0.2) is 0 Å². The van der Waals surface area contributed by atoms with Gasteiger partial charge in [0.2, 0.25) is 0 Å². The van der Waals surface area contributed by atoms with Crippen LogP contribution in [-0.4, -0.2) is 18.8 Å². The molecule has 0 aliphatic rings. The lowest BCUT2D eigenvalue weighted by molar-refractivity contribution is 0.399. The second-order valence-electron chi connectivity index (χ2n) is 3.97. The number of benzene rings is 1. The molecule has 2 aromatic rings. The van der Waals surface area contributed by atoms with Gasteiger partial charge in [-0.05, 0) is 52.9 Å². The van der Waals surface area contributed by atoms with Gasteiger partial charge in [-0.15, -0.1) is 0 Å². The average molecular weight is 371 g/mol. The molecule has 19 heavy (non-hydrogen) atoms. The Balaban J connectivity index is 2.41. The molecule has 0 spiro atoms. The Kier molecular flexibility index (Phi) is 4.47. The molecule has 0 bridgehead atoms. The first-order chi connectivity index (χ1) is 9.15. The summed E-state index contributed by atoms with van der Waals surface area (Å²) in [6.07, 6.45) is 1.74. The Morgan fingerprint density at radius 2 is 1.89 bits per heavy atom. The highest BCUT2D eigenvalue weighted by Gasteiger charge is 2.08. The highest BCUT2D eigenvalue weighted by Crippen LogP contribution is 2.21. The van der Waals surface area contributed by atoms with E-state index in [1.54, 1.807) is 30.0 Å². The van der Waals surface area contributed by atoms with E-state index in [1.165, 1.54) is 7.11 Å². The summed E-state index contributed by atoms with van der Waals surface area (Å²) < 4.78 is 13.1. The quantitative estimate of drug-likeness (QED) is 0.776. The summed E-state index contributed by atoms with van der Waals surface area (Å²) in [5.74, 6) is 1.11. The highest BCUT2D eigenvalue weighted by molar-refractivity contribution is 14.1. The average Bonchev–Trinajstić information content (AvgIpc) is 2.41. The van der Waals surface area contributed by atoms with Gasteiger partial charge < -0.3 is 14.0 Å². The number of ether oxygens (including phenoxy) is 2. The third kappa shape index (κ3) is 3.09. The van der Waals surface area contributed by atoms with Gasteiger partial charge in [0.25, 0.3) is 5.56 Å². The number of aromatic nitrogens is 1. The van der Waals surface area contributed by atoms with E-state index in [2.05, 4.69) is 22.6 Å². The largest absolute Gasteiger partial charge is 0.496 e. The van der Waals surface area contributed by atoms with Gasteiger partial charge in [-0.3, -0.25) is 4.79 Å². The number of pyridine rings is 1. The van der Waals surface area contributed by atoms with Crippen LogP contribution < -0.4 is 15.0 Å². The predicted molar refractivity (Wildman–Crippen MR) is 82.1 cm³/mol. The molecule has 0 radical (unpaired) electrons. The Morgan fingerprint density at radius 1 is 1.16 bits per heavy atom. The second kappa shape index (κ2) is 6.10. The Morgan fingerprint density at radius 3 is 2.58 bits per heavy atom. The predicted octanol–water partition coefficient (Wildman–Crippen LogP) is 2.52. The van der Waals surface area contributed by atoms with E-state index in [-0.39, 0.29) is 5.56 Å². The van der Waals surface area contributed by atoms with Crippen molar-refractivity contribution in [2.24, 2.45) is 0 Å². The van der Waals surface area contributed by atoms with E-state index in [0.29, 0.717) is 12.3 Å². The number of hydrogen-bond acceptors (Lipinski definition) is 3. The van der Waals surface area contributed by atoms with Crippen molar-refractivity contribution in [1.29, 1.82) is 0 Å². The number of hydrogen-bond donors (Lipinski definition) is 0. The van der Waals surface area contributed by atoms with Crippen LogP contribution in [0.4, 0.5) is 0 Å². The fourth-order valence-electron chi connectivity index (χ4n) is 1.85. The van der Waals surface area contributed by atoms with Gasteiger partial charge >= 0.3 is 0 Å². The maximum atomic E-state index is 12.1. The molecule has 0 saturated carbocycles. The van der Waals surface area contributed by atoms with Crippen LogP contribution in [0.3, 0.4) is 0 Å². The Labute approximate surface area is 125 Å². The zero-order valence-electron chi connectivity index (χ0n) is 10.7. The van der Waals surface area contributed by atoms with Crippen LogP contribution in [-0.2, 0) is 6.54 Å². The number of rotatable bonds is 4. The molecule has 4 nitrogen and oxygen atoms in total. The summed E-state index contributed by atoms with van der Waals surface area (Å²) in [4.78, 5) is 12.1. The minimum Gasteiger partial charge on any atom is -0.496 e. The summed E-state index contributed by atoms with van der Waals surface area (Å²) in [5.41, 5.74) is 0.815. The normalized spacial score (nSPS) is 10.3. The lowest BCUT2D eigenvalue weighted by Gasteiger charge is -2.11. The van der Waals surface area contributed by atoms with Crippen LogP contribution in [0.2, 0.25) is 0 Å². The van der Waals surface area contributed by atoms with Crippen molar-refractivity contribution >= 4 is 22.6 Å². The Hall–Kier alpha value is -1.50. The number of methoxy groups -OCH3 is 2. The van der Waals surface area contributed by atoms with E-state index >= 15 is 0 Å². The summed E-state index contributed by atoms with van der Waals surface area (Å²) in [6, 6.07) is 9.33. The molecular weight excluding hydrogens is 357 g/mol. The number of halogens is 1. The summed E-state index contributed by atoms with van der Waals surface area (Å²) in [6.45, 7) is 0.454. The van der Waals surface area contributed by atoms with Crippen molar-refractivity contribution in [2.45, 2.75) is 6.54 Å². The maximum absolute atomic E-state index is 12.1. The molecule has 0 amide bonds. The number of nitrogens with zero attached hydrogens (tertiary/aromatic N) is 1. The third-order valence-corrected chi connectivity index (χ3v) is 3.46. The molecular formula is C14H14INO3. The summed E-state index contributed by atoms with van der Waals surface area (Å²) in [7, 11) is 3.12. The van der Waals surface area contributed by atoms with Gasteiger partial charge in [0.05, 0.1) is 20.8 Å². The van der Waals surface area contributed by atoms with Crippen LogP contribution in [0.1, 0.15) is 5.56 Å². The fraction of sp³-hybridized carbons (Fsp3) is 0.214. The summed E-state index contributed by atoms with van der Waals surface area (Å²) >= 11 is 2.24. The molecule has 5 heteroatoms. The van der Waals surface area contributed by atoms with Crippen LogP contribution in [0, 0.1) is 3.57 Å². The van der Waals surface area contributed by atoms with E-state index in [1.807, 2.05) is 18.2 Å². The smallest absolute Gasteiger partial charge is 0.293 e. The zero-order valence-corrected chi connectivity index (χ0v) is 12.9. The van der Waals surface area contributed by atoms with Crippen molar-refractivity contribution in [3.8, 4) is 11.5 Å². The molecule has 0 saturated heterocycles. The van der Waals surface area contributed by atoms with Crippen molar-refractivity contribution in [3.05, 3.63) is 56.0 Å². The van der Waals surface area contributed by atoms with Gasteiger partial charge in [-0.1, -0.05) is 0 Å². The molecule has 0 fully saturated rings. The van der Waals surface area contributed by atoms with Crippen molar-refractivity contribution in [2.75, 3.05) is 14.2 Å². The van der Waals surface area contributed by atoms with Crippen LogP contribution >= 0.6 is 22.6 Å². The molecule has 0 aliphatic heterocycles. The Bertz CT molecular complexity index is 637. The molecule has 0 N–H and O–H groups in total. The highest BCUT2D eigenvalue weighted by atomic mass is 127. The molecule has 0 atom stereocenters. The van der Waals surface area contributed by atoms with E-state index in [9.17, 15) is 4.79 Å². The first-order valence-electron chi connectivity index (χ1n) is 5.71. The summed E-state index contributed by atoms with van der Waals surface area (Å²) in [5, 5.41) is 0. The lowest BCUT2D eigenvalue weighted by Crippen LogP contribution is -2.21. The monoisotopic (exact) mass is 371 g/mol. The SMILES string of the molecule is COc1ccc(I)cc1Cn1cccc(OC)c1=O. The maximum Gasteiger partial charge on any atom is 0.293 e. The van der Waals surface area contributed by atoms with Crippen LogP contribution in [0.15, 0.2) is 41.3 Å². The first-order valence-corrected chi connectivity index (χ1v) is 6.79. The lowest BCUT2D eigenvalue weighted by atomic mass is 10.2. The molecule has 0 unspecified atom stereocenters. The van der Waals surface area contributed by atoms with Crippen molar-refractivity contribution < 1.29 is 9.47 Å². The fourth-order valence-corrected chi connectivity index (χ4v) is 2.40. The minimum absolute atomic E-state index is 0.147. The molecule has 2 rings (SSSR count). The van der Waals surface area contributed by atoms with E-state index in [4.69, 9.17) is 9.47 Å². The van der Waals surface area contributed by atoms with Gasteiger partial charge in [0, 0.05) is 15.3 Å². The zero-order chi connectivity index (χ0) is 13.8. The topological polar surface area (TPSA) is 40.5 Å². The van der Waals surface area contributed by atoms with E-state index in [0.717, 1.165) is 14.9 Å². The van der Waals surface area contributed by atoms with Crippen LogP contribution in [0.25, 0.3) is 0 Å². The molecule has 1 heterocycles. The molecule has 1 aromatic heterocycles. The minimum atomic E-state index is -0.147. The molecule has 0 aliphatic carbocycles. The van der Waals surface area contributed by atoms with Gasteiger partial charge in [-0.2, -0.15) is 0 Å². The third-order valence-electron chi connectivity index (χ3n) is 2.79. The molecule has 100 valence electrons. The van der Waals surface area contributed by atoms with Gasteiger partial charge in [0.1, 0.15) is 5.75 Å². The van der Waals surface area contributed by atoms with Gasteiger partial charge in [0.15, 0.2) is 5.75 Å². The van der Waals surface area contributed by atoms with E-state index < -0.39 is 0 Å².